The van der Waals surface area contributed by atoms with E-state index in [0.29, 0.717) is 22.2 Å². The Labute approximate surface area is 224 Å². The third kappa shape index (κ3) is 6.97. The molecule has 3 amide bonds. The first-order valence-corrected chi connectivity index (χ1v) is 12.6. The van der Waals surface area contributed by atoms with Gasteiger partial charge >= 0.3 is 12.2 Å². The van der Waals surface area contributed by atoms with Gasteiger partial charge in [0.1, 0.15) is 5.75 Å². The molecule has 39 heavy (non-hydrogen) atoms. The summed E-state index contributed by atoms with van der Waals surface area (Å²) in [6, 6.07) is 11.0. The van der Waals surface area contributed by atoms with Gasteiger partial charge < -0.3 is 14.8 Å². The highest BCUT2D eigenvalue weighted by molar-refractivity contribution is 5.95. The molecule has 0 radical (unpaired) electrons. The Morgan fingerprint density at radius 3 is 2.36 bits per heavy atom. The molecule has 1 heterocycles. The number of rotatable bonds is 7. The molecule has 3 aromatic rings. The summed E-state index contributed by atoms with van der Waals surface area (Å²) in [4.78, 5) is 29.1. The van der Waals surface area contributed by atoms with Crippen LogP contribution in [-0.2, 0) is 10.9 Å². The second-order valence-electron chi connectivity index (χ2n) is 9.58. The highest BCUT2D eigenvalue weighted by Gasteiger charge is 2.33. The molecule has 1 fully saturated rings. The number of benzene rings is 2. The fraction of sp³-hybridized carbons (Fsp3) is 0.393. The zero-order valence-corrected chi connectivity index (χ0v) is 21.7. The zero-order valence-electron chi connectivity index (χ0n) is 21.7. The number of aromatic nitrogens is 1. The Kier molecular flexibility index (Phi) is 8.90. The van der Waals surface area contributed by atoms with Gasteiger partial charge in [-0.25, -0.2) is 10.2 Å². The van der Waals surface area contributed by atoms with Crippen molar-refractivity contribution in [2.24, 2.45) is 5.92 Å². The van der Waals surface area contributed by atoms with Crippen LogP contribution < -0.4 is 20.9 Å². The molecule has 1 atom stereocenters. The molecular formula is C28H31F3N4O4. The molecule has 1 saturated carbocycles. The molecule has 1 aliphatic carbocycles. The highest BCUT2D eigenvalue weighted by Crippen LogP contribution is 2.40. The normalized spacial score (nSPS) is 18.3. The van der Waals surface area contributed by atoms with E-state index in [2.05, 4.69) is 21.2 Å². The Morgan fingerprint density at radius 1 is 1.00 bits per heavy atom. The average molecular weight is 545 g/mol. The number of nitrogens with one attached hydrogen (secondary N) is 3. The maximum Gasteiger partial charge on any atom is 0.416 e. The number of halogens is 3. The highest BCUT2D eigenvalue weighted by atomic mass is 19.4. The first-order chi connectivity index (χ1) is 18.7. The fourth-order valence-electron chi connectivity index (χ4n) is 5.14. The maximum absolute atomic E-state index is 13.3. The van der Waals surface area contributed by atoms with Crippen LogP contribution in [0.4, 0.5) is 18.0 Å². The number of nitrogens with zero attached hydrogens (tertiary/aromatic N) is 1. The van der Waals surface area contributed by atoms with Crippen LogP contribution in [0.15, 0.2) is 54.7 Å². The van der Waals surface area contributed by atoms with Crippen LogP contribution in [0, 0.1) is 5.92 Å². The number of carbonyl (C=O) groups excluding carboxylic acids is 2. The van der Waals surface area contributed by atoms with E-state index in [4.69, 9.17) is 9.47 Å². The lowest BCUT2D eigenvalue weighted by Gasteiger charge is -2.34. The second kappa shape index (κ2) is 12.3. The number of methoxy groups -OCH3 is 2. The molecule has 0 aliphatic heterocycles. The number of amides is 3. The van der Waals surface area contributed by atoms with Crippen LogP contribution in [0.5, 0.6) is 5.75 Å². The number of alkyl halides is 3. The van der Waals surface area contributed by atoms with E-state index in [1.807, 2.05) is 0 Å². The zero-order chi connectivity index (χ0) is 28.0. The minimum atomic E-state index is -4.42. The number of carbonyl (C=O) groups is 2. The molecule has 1 aromatic heterocycles. The molecule has 2 aromatic carbocycles. The molecule has 208 valence electrons. The lowest BCUT2D eigenvalue weighted by atomic mass is 9.75. The number of hydrazine groups is 1. The first kappa shape index (κ1) is 28.2. The molecule has 0 bridgehead atoms. The minimum Gasteiger partial charge on any atom is -0.497 e. The smallest absolute Gasteiger partial charge is 0.416 e. The number of urea groups is 1. The van der Waals surface area contributed by atoms with Gasteiger partial charge in [-0.3, -0.25) is 15.2 Å². The van der Waals surface area contributed by atoms with Gasteiger partial charge in [-0.2, -0.15) is 13.2 Å². The van der Waals surface area contributed by atoms with Gasteiger partial charge in [0, 0.05) is 24.3 Å². The van der Waals surface area contributed by atoms with Gasteiger partial charge in [-0.05, 0) is 91.6 Å². The molecule has 8 nitrogen and oxygen atoms in total. The molecule has 0 saturated heterocycles. The van der Waals surface area contributed by atoms with E-state index in [1.54, 1.807) is 43.6 Å². The summed E-state index contributed by atoms with van der Waals surface area (Å²) in [6.07, 6.45) is 0.207. The predicted molar refractivity (Wildman–Crippen MR) is 139 cm³/mol. The summed E-state index contributed by atoms with van der Waals surface area (Å²) in [7, 11) is 3.07. The fourth-order valence-corrected chi connectivity index (χ4v) is 5.14. The molecule has 1 aliphatic rings. The molecular weight excluding hydrogens is 513 g/mol. The van der Waals surface area contributed by atoms with Crippen LogP contribution >= 0.6 is 0 Å². The standard InChI is InChI=1S/C28H31F3N4O4/c1-38-16-25(33-27(37)35-34-26(36)19-7-10-21(39-2)11-8-19)18-5-3-17(4-6-18)22-13-14-32-24-12-9-20(15-23(22)24)28(29,30)31/h7-15,17-18,25H,3-6,16H2,1-2H3,(H,34,36)(H2,33,35,37). The van der Waals surface area contributed by atoms with Crippen molar-refractivity contribution in [3.8, 4) is 5.75 Å². The van der Waals surface area contributed by atoms with Crippen LogP contribution in [0.3, 0.4) is 0 Å². The third-order valence-electron chi connectivity index (χ3n) is 7.19. The van der Waals surface area contributed by atoms with Crippen LogP contribution in [0.25, 0.3) is 10.9 Å². The molecule has 0 spiro atoms. The van der Waals surface area contributed by atoms with E-state index in [-0.39, 0.29) is 24.5 Å². The van der Waals surface area contributed by atoms with Crippen molar-refractivity contribution >= 4 is 22.8 Å². The van der Waals surface area contributed by atoms with Gasteiger partial charge in [0.2, 0.25) is 0 Å². The lowest BCUT2D eigenvalue weighted by Crippen LogP contribution is -2.53. The minimum absolute atomic E-state index is 0.0797. The maximum atomic E-state index is 13.3. The predicted octanol–water partition coefficient (Wildman–Crippen LogP) is 5.20. The summed E-state index contributed by atoms with van der Waals surface area (Å²) in [6.45, 7) is 0.280. The molecule has 4 rings (SSSR count). The van der Waals surface area contributed by atoms with Gasteiger partial charge in [0.15, 0.2) is 0 Å². The van der Waals surface area contributed by atoms with Crippen molar-refractivity contribution in [3.05, 3.63) is 71.4 Å². The van der Waals surface area contributed by atoms with Crippen LogP contribution in [0.2, 0.25) is 0 Å². The van der Waals surface area contributed by atoms with Crippen molar-refractivity contribution in [1.29, 1.82) is 0 Å². The number of ether oxygens (including phenoxy) is 2. The third-order valence-corrected chi connectivity index (χ3v) is 7.19. The van der Waals surface area contributed by atoms with Gasteiger partial charge in [0.05, 0.1) is 30.8 Å². The summed E-state index contributed by atoms with van der Waals surface area (Å²) in [5.41, 5.74) is 5.82. The largest absolute Gasteiger partial charge is 0.497 e. The molecule has 3 N–H and O–H groups in total. The average Bonchev–Trinajstić information content (AvgIpc) is 2.94. The molecule has 11 heteroatoms. The van der Waals surface area contributed by atoms with E-state index in [0.717, 1.165) is 37.3 Å². The number of hydrogen-bond donors (Lipinski definition) is 3. The van der Waals surface area contributed by atoms with Crippen molar-refractivity contribution in [2.45, 2.75) is 43.8 Å². The second-order valence-corrected chi connectivity index (χ2v) is 9.58. The Bertz CT molecular complexity index is 1290. The van der Waals surface area contributed by atoms with E-state index >= 15 is 0 Å². The topological polar surface area (TPSA) is 102 Å². The van der Waals surface area contributed by atoms with Gasteiger partial charge in [0.25, 0.3) is 5.91 Å². The van der Waals surface area contributed by atoms with E-state index < -0.39 is 23.7 Å². The Hall–Kier alpha value is -3.86. The van der Waals surface area contributed by atoms with Crippen molar-refractivity contribution in [3.63, 3.8) is 0 Å². The van der Waals surface area contributed by atoms with Crippen LogP contribution in [0.1, 0.15) is 53.1 Å². The summed E-state index contributed by atoms with van der Waals surface area (Å²) >= 11 is 0. The van der Waals surface area contributed by atoms with E-state index in [1.165, 1.54) is 19.2 Å². The van der Waals surface area contributed by atoms with Crippen molar-refractivity contribution in [1.82, 2.24) is 21.2 Å². The number of pyridine rings is 1. The monoisotopic (exact) mass is 544 g/mol. The van der Waals surface area contributed by atoms with E-state index in [9.17, 15) is 22.8 Å². The van der Waals surface area contributed by atoms with Crippen LogP contribution in [-0.4, -0.2) is 43.8 Å². The van der Waals surface area contributed by atoms with Crippen molar-refractivity contribution < 1.29 is 32.2 Å². The molecule has 1 unspecified atom stereocenters. The Balaban J connectivity index is 1.35. The van der Waals surface area contributed by atoms with Gasteiger partial charge in [-0.15, -0.1) is 0 Å². The van der Waals surface area contributed by atoms with Crippen molar-refractivity contribution in [2.75, 3.05) is 20.8 Å². The lowest BCUT2D eigenvalue weighted by molar-refractivity contribution is -0.137. The Morgan fingerprint density at radius 2 is 1.72 bits per heavy atom. The number of fused-ring (bicyclic) bond motifs is 1. The summed E-state index contributed by atoms with van der Waals surface area (Å²) < 4.78 is 50.4. The SMILES string of the molecule is COCC(NC(=O)NNC(=O)c1ccc(OC)cc1)C1CCC(c2ccnc3ccc(C(F)(F)F)cc23)CC1. The summed E-state index contributed by atoms with van der Waals surface area (Å²) in [5, 5.41) is 3.40. The first-order valence-electron chi connectivity index (χ1n) is 12.6. The van der Waals surface area contributed by atoms with Gasteiger partial charge in [-0.1, -0.05) is 0 Å². The quantitative estimate of drug-likeness (QED) is 0.355. The summed E-state index contributed by atoms with van der Waals surface area (Å²) in [5.74, 6) is 0.312. The number of hydrogen-bond acceptors (Lipinski definition) is 5.